The van der Waals surface area contributed by atoms with Gasteiger partial charge in [0.1, 0.15) is 6.29 Å². The van der Waals surface area contributed by atoms with E-state index in [-0.39, 0.29) is 0 Å². The SMILES string of the molecule is Cc1cc(C=O)cc2c1N(c1ccccc1)C1CCCC21. The Kier molecular flexibility index (Phi) is 2.85. The van der Waals surface area contributed by atoms with Crippen molar-refractivity contribution >= 4 is 17.7 Å². The van der Waals surface area contributed by atoms with Gasteiger partial charge in [0, 0.05) is 28.9 Å². The van der Waals surface area contributed by atoms with Crippen LogP contribution in [0.5, 0.6) is 0 Å². The van der Waals surface area contributed by atoms with E-state index in [0.29, 0.717) is 12.0 Å². The smallest absolute Gasteiger partial charge is 0.150 e. The predicted molar refractivity (Wildman–Crippen MR) is 85.5 cm³/mol. The van der Waals surface area contributed by atoms with E-state index in [4.69, 9.17) is 0 Å². The lowest BCUT2D eigenvalue weighted by atomic mass is 9.94. The lowest BCUT2D eigenvalue weighted by molar-refractivity contribution is 0.112. The molecule has 0 bridgehead atoms. The van der Waals surface area contributed by atoms with Crippen LogP contribution in [-0.4, -0.2) is 12.3 Å². The second-order valence-electron chi connectivity index (χ2n) is 6.20. The Hall–Kier alpha value is -2.09. The summed E-state index contributed by atoms with van der Waals surface area (Å²) in [6.07, 6.45) is 4.73. The summed E-state index contributed by atoms with van der Waals surface area (Å²) in [4.78, 5) is 13.7. The summed E-state index contributed by atoms with van der Waals surface area (Å²) >= 11 is 0. The fourth-order valence-corrected chi connectivity index (χ4v) is 4.20. The number of nitrogens with zero attached hydrogens (tertiary/aromatic N) is 1. The van der Waals surface area contributed by atoms with Crippen molar-refractivity contribution in [2.24, 2.45) is 0 Å². The summed E-state index contributed by atoms with van der Waals surface area (Å²) < 4.78 is 0. The monoisotopic (exact) mass is 277 g/mol. The lowest BCUT2D eigenvalue weighted by Crippen LogP contribution is -2.26. The molecule has 1 fully saturated rings. The van der Waals surface area contributed by atoms with Gasteiger partial charge in [-0.15, -0.1) is 0 Å². The van der Waals surface area contributed by atoms with Gasteiger partial charge in [-0.1, -0.05) is 24.6 Å². The highest BCUT2D eigenvalue weighted by atomic mass is 16.1. The third kappa shape index (κ3) is 1.82. The first-order valence-electron chi connectivity index (χ1n) is 7.73. The van der Waals surface area contributed by atoms with Crippen molar-refractivity contribution in [2.75, 3.05) is 4.90 Å². The molecule has 2 aromatic carbocycles. The van der Waals surface area contributed by atoms with Crippen molar-refractivity contribution in [2.45, 2.75) is 38.1 Å². The molecule has 2 aliphatic rings. The van der Waals surface area contributed by atoms with Gasteiger partial charge in [0.2, 0.25) is 0 Å². The molecule has 4 rings (SSSR count). The maximum Gasteiger partial charge on any atom is 0.150 e. The van der Waals surface area contributed by atoms with Crippen molar-refractivity contribution in [3.05, 3.63) is 59.2 Å². The fourth-order valence-electron chi connectivity index (χ4n) is 4.20. The van der Waals surface area contributed by atoms with E-state index >= 15 is 0 Å². The maximum absolute atomic E-state index is 11.2. The molecule has 0 amide bonds. The zero-order valence-electron chi connectivity index (χ0n) is 12.3. The molecule has 2 heteroatoms. The number of anilines is 2. The van der Waals surface area contributed by atoms with Gasteiger partial charge in [-0.3, -0.25) is 4.79 Å². The van der Waals surface area contributed by atoms with E-state index in [9.17, 15) is 4.79 Å². The Morgan fingerprint density at radius 1 is 1.14 bits per heavy atom. The number of hydrogen-bond donors (Lipinski definition) is 0. The largest absolute Gasteiger partial charge is 0.337 e. The van der Waals surface area contributed by atoms with Gasteiger partial charge in [-0.05, 0) is 55.2 Å². The molecule has 0 aromatic heterocycles. The van der Waals surface area contributed by atoms with Crippen molar-refractivity contribution in [3.8, 4) is 0 Å². The first-order valence-corrected chi connectivity index (χ1v) is 7.73. The predicted octanol–water partition coefficient (Wildman–Crippen LogP) is 4.60. The van der Waals surface area contributed by atoms with Gasteiger partial charge in [0.25, 0.3) is 0 Å². The van der Waals surface area contributed by atoms with Crippen LogP contribution in [0.3, 0.4) is 0 Å². The van der Waals surface area contributed by atoms with Crippen molar-refractivity contribution in [3.63, 3.8) is 0 Å². The van der Waals surface area contributed by atoms with Crippen LogP contribution in [0.25, 0.3) is 0 Å². The average Bonchev–Trinajstić information content (AvgIpc) is 3.09. The van der Waals surface area contributed by atoms with Crippen LogP contribution in [-0.2, 0) is 0 Å². The topological polar surface area (TPSA) is 20.3 Å². The number of carbonyl (C=O) groups is 1. The first-order chi connectivity index (χ1) is 10.3. The summed E-state index contributed by atoms with van der Waals surface area (Å²) in [5.74, 6) is 0.582. The number of carbonyl (C=O) groups excluding carboxylic acids is 1. The van der Waals surface area contributed by atoms with Crippen LogP contribution < -0.4 is 4.90 Å². The molecular weight excluding hydrogens is 258 g/mol. The zero-order chi connectivity index (χ0) is 14.4. The summed E-state index contributed by atoms with van der Waals surface area (Å²) in [6, 6.07) is 15.3. The molecule has 1 heterocycles. The van der Waals surface area contributed by atoms with Gasteiger partial charge in [0.05, 0.1) is 0 Å². The van der Waals surface area contributed by atoms with Crippen LogP contribution in [0.15, 0.2) is 42.5 Å². The number of hydrogen-bond acceptors (Lipinski definition) is 2. The van der Waals surface area contributed by atoms with Gasteiger partial charge in [-0.25, -0.2) is 0 Å². The minimum Gasteiger partial charge on any atom is -0.337 e. The number of aldehydes is 1. The molecule has 2 atom stereocenters. The molecular formula is C19H19NO. The summed E-state index contributed by atoms with van der Waals surface area (Å²) in [7, 11) is 0. The molecule has 1 aliphatic carbocycles. The molecule has 1 saturated carbocycles. The Balaban J connectivity index is 1.92. The standard InChI is InChI=1S/C19H19NO/c1-13-10-14(12-21)11-17-16-8-5-9-18(16)20(19(13)17)15-6-3-2-4-7-15/h2-4,6-7,10-12,16,18H,5,8-9H2,1H3. The van der Waals surface area contributed by atoms with Gasteiger partial charge in [0.15, 0.2) is 0 Å². The highest BCUT2D eigenvalue weighted by Gasteiger charge is 2.42. The number of benzene rings is 2. The minimum absolute atomic E-state index is 0.558. The molecule has 0 radical (unpaired) electrons. The minimum atomic E-state index is 0.558. The van der Waals surface area contributed by atoms with Crippen molar-refractivity contribution in [1.82, 2.24) is 0 Å². The Bertz CT molecular complexity index is 692. The molecule has 2 aromatic rings. The quantitative estimate of drug-likeness (QED) is 0.748. The molecule has 2 unspecified atom stereocenters. The zero-order valence-corrected chi connectivity index (χ0v) is 12.3. The highest BCUT2D eigenvalue weighted by Crippen LogP contribution is 2.53. The van der Waals surface area contributed by atoms with Crippen molar-refractivity contribution < 1.29 is 4.79 Å². The van der Waals surface area contributed by atoms with E-state index in [1.807, 2.05) is 6.07 Å². The fraction of sp³-hybridized carbons (Fsp3) is 0.316. The number of para-hydroxylation sites is 1. The molecule has 1 aliphatic heterocycles. The molecule has 2 nitrogen and oxygen atoms in total. The number of aryl methyl sites for hydroxylation is 1. The van der Waals surface area contributed by atoms with Gasteiger partial charge in [-0.2, -0.15) is 0 Å². The third-order valence-corrected chi connectivity index (χ3v) is 4.97. The van der Waals surface area contributed by atoms with E-state index < -0.39 is 0 Å². The van der Waals surface area contributed by atoms with Crippen LogP contribution in [0, 0.1) is 6.92 Å². The van der Waals surface area contributed by atoms with E-state index in [2.05, 4.69) is 48.2 Å². The second kappa shape index (κ2) is 4.73. The molecule has 0 saturated heterocycles. The Morgan fingerprint density at radius 2 is 1.95 bits per heavy atom. The van der Waals surface area contributed by atoms with E-state index in [1.165, 1.54) is 41.8 Å². The van der Waals surface area contributed by atoms with Gasteiger partial charge < -0.3 is 4.90 Å². The van der Waals surface area contributed by atoms with E-state index in [0.717, 1.165) is 11.8 Å². The average molecular weight is 277 g/mol. The second-order valence-corrected chi connectivity index (χ2v) is 6.20. The van der Waals surface area contributed by atoms with Crippen molar-refractivity contribution in [1.29, 1.82) is 0 Å². The summed E-state index contributed by atoms with van der Waals surface area (Å²) in [5.41, 5.74) is 6.01. The van der Waals surface area contributed by atoms with Crippen LogP contribution in [0.4, 0.5) is 11.4 Å². The maximum atomic E-state index is 11.2. The van der Waals surface area contributed by atoms with E-state index in [1.54, 1.807) is 0 Å². The Labute approximate surface area is 125 Å². The normalized spacial score (nSPS) is 23.0. The molecule has 21 heavy (non-hydrogen) atoms. The number of rotatable bonds is 2. The molecule has 0 spiro atoms. The lowest BCUT2D eigenvalue weighted by Gasteiger charge is -2.28. The Morgan fingerprint density at radius 3 is 2.71 bits per heavy atom. The van der Waals surface area contributed by atoms with Crippen LogP contribution in [0.2, 0.25) is 0 Å². The van der Waals surface area contributed by atoms with Crippen LogP contribution in [0.1, 0.15) is 46.7 Å². The molecule has 0 N–H and O–H groups in total. The summed E-state index contributed by atoms with van der Waals surface area (Å²) in [5, 5.41) is 0. The highest BCUT2D eigenvalue weighted by molar-refractivity contribution is 5.83. The summed E-state index contributed by atoms with van der Waals surface area (Å²) in [6.45, 7) is 2.13. The molecule has 106 valence electrons. The number of fused-ring (bicyclic) bond motifs is 3. The van der Waals surface area contributed by atoms with Crippen LogP contribution >= 0.6 is 0 Å². The third-order valence-electron chi connectivity index (χ3n) is 4.97. The first kappa shape index (κ1) is 12.6. The van der Waals surface area contributed by atoms with Gasteiger partial charge >= 0.3 is 0 Å².